The lowest BCUT2D eigenvalue weighted by molar-refractivity contribution is 0.593. The van der Waals surface area contributed by atoms with E-state index >= 15 is 0 Å². The van der Waals surface area contributed by atoms with Crippen LogP contribution in [0.1, 0.15) is 13.8 Å². The average Bonchev–Trinajstić information content (AvgIpc) is 2.28. The van der Waals surface area contributed by atoms with E-state index in [0.29, 0.717) is 5.69 Å². The second-order valence-electron chi connectivity index (χ2n) is 4.26. The molecule has 0 atom stereocenters. The first-order valence-corrected chi connectivity index (χ1v) is 7.04. The van der Waals surface area contributed by atoms with E-state index in [0.717, 1.165) is 10.8 Å². The summed E-state index contributed by atoms with van der Waals surface area (Å²) in [5.41, 5.74) is 0.609. The summed E-state index contributed by atoms with van der Waals surface area (Å²) in [6.45, 7) is 3.31. The predicted molar refractivity (Wildman–Crippen MR) is 71.6 cm³/mol. The number of rotatable bonds is 3. The van der Waals surface area contributed by atoms with Gasteiger partial charge in [-0.05, 0) is 36.8 Å². The number of benzene rings is 2. The molecule has 4 heteroatoms. The third kappa shape index (κ3) is 2.58. The van der Waals surface area contributed by atoms with Gasteiger partial charge in [0.2, 0.25) is 10.0 Å². The Bertz CT molecular complexity index is 633. The third-order valence-electron chi connectivity index (χ3n) is 2.63. The minimum atomic E-state index is -3.27. The maximum Gasteiger partial charge on any atom is 0.235 e. The summed E-state index contributed by atoms with van der Waals surface area (Å²) in [4.78, 5) is 0. The normalized spacial score (nSPS) is 11.9. The number of fused-ring (bicyclic) bond motifs is 1. The highest BCUT2D eigenvalue weighted by atomic mass is 32.2. The molecule has 0 bridgehead atoms. The largest absolute Gasteiger partial charge is 0.283 e. The Morgan fingerprint density at radius 3 is 2.29 bits per heavy atom. The molecule has 17 heavy (non-hydrogen) atoms. The molecule has 0 heterocycles. The van der Waals surface area contributed by atoms with Gasteiger partial charge < -0.3 is 0 Å². The maximum absolute atomic E-state index is 11.7. The zero-order valence-electron chi connectivity index (χ0n) is 9.84. The van der Waals surface area contributed by atoms with Crippen LogP contribution in [-0.2, 0) is 10.0 Å². The summed E-state index contributed by atoms with van der Waals surface area (Å²) < 4.78 is 26.0. The summed E-state index contributed by atoms with van der Waals surface area (Å²) in [5.74, 6) is 0. The minimum Gasteiger partial charge on any atom is -0.283 e. The van der Waals surface area contributed by atoms with Crippen LogP contribution < -0.4 is 4.72 Å². The van der Waals surface area contributed by atoms with Crippen LogP contribution in [0.25, 0.3) is 10.8 Å². The molecule has 0 unspecified atom stereocenters. The van der Waals surface area contributed by atoms with Gasteiger partial charge in [0.05, 0.1) is 5.25 Å². The Hall–Kier alpha value is -1.55. The van der Waals surface area contributed by atoms with Gasteiger partial charge in [0.15, 0.2) is 0 Å². The number of hydrogen-bond donors (Lipinski definition) is 1. The fraction of sp³-hybridized carbons (Fsp3) is 0.231. The lowest BCUT2D eigenvalue weighted by Gasteiger charge is -2.11. The molecule has 2 aromatic carbocycles. The first kappa shape index (κ1) is 11.9. The van der Waals surface area contributed by atoms with Crippen LogP contribution in [0.5, 0.6) is 0 Å². The Morgan fingerprint density at radius 2 is 1.65 bits per heavy atom. The molecule has 90 valence electrons. The van der Waals surface area contributed by atoms with Crippen molar-refractivity contribution in [1.82, 2.24) is 0 Å². The van der Waals surface area contributed by atoms with E-state index in [1.165, 1.54) is 0 Å². The average molecular weight is 249 g/mol. The van der Waals surface area contributed by atoms with Gasteiger partial charge in [-0.15, -0.1) is 0 Å². The zero-order valence-corrected chi connectivity index (χ0v) is 10.7. The van der Waals surface area contributed by atoms with Gasteiger partial charge in [-0.2, -0.15) is 0 Å². The molecule has 0 spiro atoms. The van der Waals surface area contributed by atoms with Crippen molar-refractivity contribution in [2.75, 3.05) is 4.72 Å². The molecule has 1 N–H and O–H groups in total. The first-order valence-electron chi connectivity index (χ1n) is 5.49. The van der Waals surface area contributed by atoms with Crippen molar-refractivity contribution in [1.29, 1.82) is 0 Å². The maximum atomic E-state index is 11.7. The lowest BCUT2D eigenvalue weighted by atomic mass is 10.1. The molecule has 0 saturated heterocycles. The number of nitrogens with one attached hydrogen (secondary N) is 1. The van der Waals surface area contributed by atoms with Crippen LogP contribution in [0.15, 0.2) is 42.5 Å². The Labute approximate surface area is 102 Å². The van der Waals surface area contributed by atoms with E-state index in [9.17, 15) is 8.42 Å². The van der Waals surface area contributed by atoms with Crippen molar-refractivity contribution in [2.24, 2.45) is 0 Å². The van der Waals surface area contributed by atoms with Gasteiger partial charge in [-0.3, -0.25) is 4.72 Å². The topological polar surface area (TPSA) is 46.2 Å². The lowest BCUT2D eigenvalue weighted by Crippen LogP contribution is -2.22. The van der Waals surface area contributed by atoms with E-state index < -0.39 is 15.3 Å². The molecular weight excluding hydrogens is 234 g/mol. The van der Waals surface area contributed by atoms with E-state index in [1.54, 1.807) is 19.9 Å². The van der Waals surface area contributed by atoms with Crippen LogP contribution in [0.4, 0.5) is 5.69 Å². The van der Waals surface area contributed by atoms with E-state index in [-0.39, 0.29) is 0 Å². The fourth-order valence-electron chi connectivity index (χ4n) is 1.53. The van der Waals surface area contributed by atoms with Crippen LogP contribution in [-0.4, -0.2) is 13.7 Å². The fourth-order valence-corrected chi connectivity index (χ4v) is 2.23. The van der Waals surface area contributed by atoms with Gasteiger partial charge in [0.1, 0.15) is 0 Å². The molecule has 0 aliphatic carbocycles. The molecule has 0 amide bonds. The number of sulfonamides is 1. The Balaban J connectivity index is 2.38. The van der Waals surface area contributed by atoms with Gasteiger partial charge in [-0.25, -0.2) is 8.42 Å². The quantitative estimate of drug-likeness (QED) is 0.909. The zero-order chi connectivity index (χ0) is 12.5. The van der Waals surface area contributed by atoms with Crippen molar-refractivity contribution in [3.8, 4) is 0 Å². The smallest absolute Gasteiger partial charge is 0.235 e. The van der Waals surface area contributed by atoms with Crippen LogP contribution in [0.2, 0.25) is 0 Å². The van der Waals surface area contributed by atoms with E-state index in [2.05, 4.69) is 4.72 Å². The van der Waals surface area contributed by atoms with Crippen LogP contribution in [0.3, 0.4) is 0 Å². The second-order valence-corrected chi connectivity index (χ2v) is 6.49. The SMILES string of the molecule is CC(C)S(=O)(=O)Nc1ccc2ccccc2c1. The van der Waals surface area contributed by atoms with Crippen molar-refractivity contribution < 1.29 is 8.42 Å². The highest BCUT2D eigenvalue weighted by Gasteiger charge is 2.15. The third-order valence-corrected chi connectivity index (χ3v) is 4.39. The number of hydrogen-bond acceptors (Lipinski definition) is 2. The molecule has 0 saturated carbocycles. The second kappa shape index (κ2) is 4.37. The molecule has 0 radical (unpaired) electrons. The Kier molecular flexibility index (Phi) is 3.07. The van der Waals surface area contributed by atoms with Crippen LogP contribution >= 0.6 is 0 Å². The molecule has 0 aliphatic heterocycles. The molecule has 3 nitrogen and oxygen atoms in total. The molecule has 0 aliphatic rings. The van der Waals surface area contributed by atoms with Crippen molar-refractivity contribution in [3.05, 3.63) is 42.5 Å². The monoisotopic (exact) mass is 249 g/mol. The number of anilines is 1. The first-order chi connectivity index (χ1) is 7.99. The summed E-state index contributed by atoms with van der Waals surface area (Å²) >= 11 is 0. The summed E-state index contributed by atoms with van der Waals surface area (Å²) in [7, 11) is -3.27. The van der Waals surface area contributed by atoms with Gasteiger partial charge in [0, 0.05) is 5.69 Å². The summed E-state index contributed by atoms with van der Waals surface area (Å²) in [6, 6.07) is 13.4. The molecule has 2 aromatic rings. The molecule has 2 rings (SSSR count). The van der Waals surface area contributed by atoms with Crippen molar-refractivity contribution in [2.45, 2.75) is 19.1 Å². The van der Waals surface area contributed by atoms with Gasteiger partial charge >= 0.3 is 0 Å². The molecule has 0 fully saturated rings. The van der Waals surface area contributed by atoms with Gasteiger partial charge in [-0.1, -0.05) is 30.3 Å². The molecular formula is C13H15NO2S. The predicted octanol–water partition coefficient (Wildman–Crippen LogP) is 2.99. The van der Waals surface area contributed by atoms with E-state index in [1.807, 2.05) is 36.4 Å². The highest BCUT2D eigenvalue weighted by molar-refractivity contribution is 7.93. The van der Waals surface area contributed by atoms with Crippen molar-refractivity contribution >= 4 is 26.5 Å². The summed E-state index contributed by atoms with van der Waals surface area (Å²) in [5, 5.41) is 1.69. The highest BCUT2D eigenvalue weighted by Crippen LogP contribution is 2.20. The summed E-state index contributed by atoms with van der Waals surface area (Å²) in [6.07, 6.45) is 0. The van der Waals surface area contributed by atoms with Gasteiger partial charge in [0.25, 0.3) is 0 Å². The minimum absolute atomic E-state index is 0.436. The van der Waals surface area contributed by atoms with Crippen molar-refractivity contribution in [3.63, 3.8) is 0 Å². The standard InChI is InChI=1S/C13H15NO2S/c1-10(2)17(15,16)14-13-8-7-11-5-3-4-6-12(11)9-13/h3-10,14H,1-2H3. The van der Waals surface area contributed by atoms with Crippen LogP contribution in [0, 0.1) is 0 Å². The van der Waals surface area contributed by atoms with E-state index in [4.69, 9.17) is 0 Å². The molecule has 0 aromatic heterocycles. The Morgan fingerprint density at radius 1 is 1.00 bits per heavy atom.